The van der Waals surface area contributed by atoms with Gasteiger partial charge in [-0.05, 0) is 29.3 Å². The summed E-state index contributed by atoms with van der Waals surface area (Å²) < 4.78 is 10.8. The number of carbonyl (C=O) groups excluding carboxylic acids is 1. The second-order valence-corrected chi connectivity index (χ2v) is 4.63. The number of allylic oxidation sites excluding steroid dienone is 2. The highest BCUT2D eigenvalue weighted by molar-refractivity contribution is 5.56. The van der Waals surface area contributed by atoms with Gasteiger partial charge in [0.25, 0.3) is 0 Å². The average molecular weight is 274 g/mol. The van der Waals surface area contributed by atoms with E-state index in [0.717, 1.165) is 23.2 Å². The molecule has 0 bridgehead atoms. The van der Waals surface area contributed by atoms with Crippen LogP contribution in [0.5, 0.6) is 5.75 Å². The molecule has 0 fully saturated rings. The molecule has 1 aliphatic carbocycles. The summed E-state index contributed by atoms with van der Waals surface area (Å²) in [6, 6.07) is 7.61. The van der Waals surface area contributed by atoms with Gasteiger partial charge in [-0.1, -0.05) is 18.2 Å². The number of ether oxygens (including phenoxy) is 2. The molecule has 0 aromatic heterocycles. The van der Waals surface area contributed by atoms with Crippen molar-refractivity contribution in [3.05, 3.63) is 53.3 Å². The fraction of sp³-hybridized carbons (Fsp3) is 0.312. The Hall–Kier alpha value is -2.07. The third kappa shape index (κ3) is 3.96. The van der Waals surface area contributed by atoms with E-state index in [1.807, 2.05) is 30.3 Å². The summed E-state index contributed by atoms with van der Waals surface area (Å²) >= 11 is 0. The first-order valence-corrected chi connectivity index (χ1v) is 6.50. The Kier molecular flexibility index (Phi) is 4.96. The lowest BCUT2D eigenvalue weighted by molar-refractivity contribution is -0.107. The summed E-state index contributed by atoms with van der Waals surface area (Å²) in [5, 5.41) is 9.71. The van der Waals surface area contributed by atoms with Gasteiger partial charge in [-0.15, -0.1) is 0 Å². The van der Waals surface area contributed by atoms with Gasteiger partial charge in [0.05, 0.1) is 19.0 Å². The Labute approximate surface area is 118 Å². The zero-order valence-corrected chi connectivity index (χ0v) is 11.4. The fourth-order valence-corrected chi connectivity index (χ4v) is 2.05. The maximum Gasteiger partial charge on any atom is 0.124 e. The fourth-order valence-electron chi connectivity index (χ4n) is 2.05. The smallest absolute Gasteiger partial charge is 0.124 e. The summed E-state index contributed by atoms with van der Waals surface area (Å²) in [4.78, 5) is 10.5. The molecule has 2 rings (SSSR count). The molecule has 106 valence electrons. The summed E-state index contributed by atoms with van der Waals surface area (Å²) in [6.07, 6.45) is 4.49. The Morgan fingerprint density at radius 2 is 2.10 bits per heavy atom. The number of hydrogen-bond donors (Lipinski definition) is 1. The molecule has 1 aromatic carbocycles. The molecule has 0 spiro atoms. The van der Waals surface area contributed by atoms with Gasteiger partial charge >= 0.3 is 0 Å². The predicted octanol–water partition coefficient (Wildman–Crippen LogP) is 2.38. The van der Waals surface area contributed by atoms with Gasteiger partial charge in [0.15, 0.2) is 0 Å². The highest BCUT2D eigenvalue weighted by atomic mass is 16.5. The minimum atomic E-state index is -0.583. The predicted molar refractivity (Wildman–Crippen MR) is 75.3 cm³/mol. The molecule has 4 heteroatoms. The van der Waals surface area contributed by atoms with E-state index < -0.39 is 6.10 Å². The van der Waals surface area contributed by atoms with Crippen molar-refractivity contribution >= 4 is 6.29 Å². The zero-order chi connectivity index (χ0) is 14.4. The molecule has 20 heavy (non-hydrogen) atoms. The number of benzene rings is 1. The summed E-state index contributed by atoms with van der Waals surface area (Å²) in [7, 11) is 1.63. The Morgan fingerprint density at radius 1 is 1.35 bits per heavy atom. The standard InChI is InChI=1S/C16H18O4/c1-19-15-4-2-12(3-5-15)11-20-16-9-13(6-7-17)8-14(18)10-16/h2-5,7-9,14,18H,6,10-11H2,1H3. The van der Waals surface area contributed by atoms with E-state index in [1.165, 1.54) is 0 Å². The Bertz CT molecular complexity index is 514. The van der Waals surface area contributed by atoms with Crippen LogP contribution in [-0.2, 0) is 16.1 Å². The van der Waals surface area contributed by atoms with Crippen molar-refractivity contribution in [1.82, 2.24) is 0 Å². The number of aldehydes is 1. The van der Waals surface area contributed by atoms with Crippen molar-refractivity contribution in [1.29, 1.82) is 0 Å². The van der Waals surface area contributed by atoms with E-state index in [0.29, 0.717) is 25.2 Å². The molecule has 0 radical (unpaired) electrons. The molecule has 1 atom stereocenters. The maximum atomic E-state index is 10.5. The quantitative estimate of drug-likeness (QED) is 0.809. The van der Waals surface area contributed by atoms with E-state index in [-0.39, 0.29) is 0 Å². The van der Waals surface area contributed by atoms with Crippen LogP contribution in [0.3, 0.4) is 0 Å². The van der Waals surface area contributed by atoms with Crippen molar-refractivity contribution in [3.63, 3.8) is 0 Å². The van der Waals surface area contributed by atoms with Gasteiger partial charge in [-0.3, -0.25) is 0 Å². The number of hydrogen-bond acceptors (Lipinski definition) is 4. The molecule has 0 saturated heterocycles. The molecule has 0 heterocycles. The van der Waals surface area contributed by atoms with Crippen molar-refractivity contribution in [2.24, 2.45) is 0 Å². The summed E-state index contributed by atoms with van der Waals surface area (Å²) in [5.41, 5.74) is 1.82. The monoisotopic (exact) mass is 274 g/mol. The van der Waals surface area contributed by atoms with E-state index in [9.17, 15) is 9.90 Å². The number of aliphatic hydroxyl groups is 1. The molecular weight excluding hydrogens is 256 g/mol. The number of carbonyl (C=O) groups is 1. The van der Waals surface area contributed by atoms with Gasteiger partial charge in [-0.2, -0.15) is 0 Å². The van der Waals surface area contributed by atoms with Gasteiger partial charge < -0.3 is 19.4 Å². The van der Waals surface area contributed by atoms with Crippen LogP contribution in [0.2, 0.25) is 0 Å². The number of aliphatic hydroxyl groups excluding tert-OH is 1. The minimum Gasteiger partial charge on any atom is -0.497 e. The molecule has 0 saturated carbocycles. The second-order valence-electron chi connectivity index (χ2n) is 4.63. The van der Waals surface area contributed by atoms with Crippen molar-refractivity contribution in [2.75, 3.05) is 7.11 Å². The average Bonchev–Trinajstić information content (AvgIpc) is 2.45. The summed E-state index contributed by atoms with van der Waals surface area (Å²) in [5.74, 6) is 1.50. The highest BCUT2D eigenvalue weighted by Gasteiger charge is 2.14. The first-order chi connectivity index (χ1) is 9.71. The van der Waals surface area contributed by atoms with E-state index in [4.69, 9.17) is 9.47 Å². The molecule has 1 unspecified atom stereocenters. The van der Waals surface area contributed by atoms with E-state index >= 15 is 0 Å². The number of rotatable bonds is 6. The van der Waals surface area contributed by atoms with Crippen molar-refractivity contribution < 1.29 is 19.4 Å². The molecule has 0 aliphatic heterocycles. The lowest BCUT2D eigenvalue weighted by atomic mass is 10.0. The topological polar surface area (TPSA) is 55.8 Å². The van der Waals surface area contributed by atoms with Gasteiger partial charge in [0, 0.05) is 12.8 Å². The van der Waals surface area contributed by atoms with Crippen LogP contribution >= 0.6 is 0 Å². The maximum absolute atomic E-state index is 10.5. The lowest BCUT2D eigenvalue weighted by Gasteiger charge is -2.18. The molecule has 1 N–H and O–H groups in total. The highest BCUT2D eigenvalue weighted by Crippen LogP contribution is 2.22. The third-order valence-corrected chi connectivity index (χ3v) is 3.07. The normalized spacial score (nSPS) is 18.0. The van der Waals surface area contributed by atoms with Crippen molar-refractivity contribution in [2.45, 2.75) is 25.6 Å². The molecule has 0 amide bonds. The van der Waals surface area contributed by atoms with Crippen LogP contribution in [0.1, 0.15) is 18.4 Å². The molecule has 1 aromatic rings. The van der Waals surface area contributed by atoms with Crippen molar-refractivity contribution in [3.8, 4) is 5.75 Å². The largest absolute Gasteiger partial charge is 0.497 e. The lowest BCUT2D eigenvalue weighted by Crippen LogP contribution is -2.11. The van der Waals surface area contributed by atoms with Crippen LogP contribution in [0.25, 0.3) is 0 Å². The van der Waals surface area contributed by atoms with Crippen LogP contribution < -0.4 is 4.74 Å². The Balaban J connectivity index is 1.95. The zero-order valence-electron chi connectivity index (χ0n) is 11.4. The van der Waals surface area contributed by atoms with Gasteiger partial charge in [0.2, 0.25) is 0 Å². The van der Waals surface area contributed by atoms with Crippen LogP contribution in [0.15, 0.2) is 47.7 Å². The van der Waals surface area contributed by atoms with Crippen LogP contribution in [0.4, 0.5) is 0 Å². The van der Waals surface area contributed by atoms with Gasteiger partial charge in [0.1, 0.15) is 18.6 Å². The molecule has 4 nitrogen and oxygen atoms in total. The minimum absolute atomic E-state index is 0.298. The molecule has 1 aliphatic rings. The summed E-state index contributed by atoms with van der Waals surface area (Å²) in [6.45, 7) is 0.427. The first kappa shape index (κ1) is 14.3. The Morgan fingerprint density at radius 3 is 2.75 bits per heavy atom. The SMILES string of the molecule is COc1ccc(COC2=CC(CC=O)=CC(O)C2)cc1. The third-order valence-electron chi connectivity index (χ3n) is 3.07. The van der Waals surface area contributed by atoms with Crippen LogP contribution in [-0.4, -0.2) is 24.6 Å². The van der Waals surface area contributed by atoms with Gasteiger partial charge in [-0.25, -0.2) is 0 Å². The number of methoxy groups -OCH3 is 1. The molecular formula is C16H18O4. The van der Waals surface area contributed by atoms with E-state index in [2.05, 4.69) is 0 Å². The first-order valence-electron chi connectivity index (χ1n) is 6.50. The van der Waals surface area contributed by atoms with E-state index in [1.54, 1.807) is 13.2 Å². The second kappa shape index (κ2) is 6.91. The van der Waals surface area contributed by atoms with Crippen LogP contribution in [0, 0.1) is 0 Å².